The number of hydrogen-bond acceptors (Lipinski definition) is 7. The summed E-state index contributed by atoms with van der Waals surface area (Å²) in [4.78, 5) is 8.74. The molecule has 0 amide bonds. The number of benzene rings is 2. The van der Waals surface area contributed by atoms with Crippen LogP contribution in [0.2, 0.25) is 5.02 Å². The number of fused-ring (bicyclic) bond motifs is 1. The number of ether oxygens (including phenoxy) is 3. The quantitative estimate of drug-likeness (QED) is 0.423. The Kier molecular flexibility index (Phi) is 6.03. The van der Waals surface area contributed by atoms with Gasteiger partial charge in [0.1, 0.15) is 17.3 Å². The number of anilines is 1. The minimum absolute atomic E-state index is 0.148. The Bertz CT molecular complexity index is 1300. The molecule has 1 atom stereocenters. The molecule has 1 aliphatic heterocycles. The molecule has 0 aliphatic carbocycles. The van der Waals surface area contributed by atoms with Crippen molar-refractivity contribution in [1.29, 1.82) is 0 Å². The largest absolute Gasteiger partial charge is 0.421 e. The summed E-state index contributed by atoms with van der Waals surface area (Å²) in [6.07, 6.45) is -0.182. The third-order valence-corrected chi connectivity index (χ3v) is 5.33. The minimum atomic E-state index is -0.873. The van der Waals surface area contributed by atoms with Crippen LogP contribution < -0.4 is 10.1 Å². The fourth-order valence-electron chi connectivity index (χ4n) is 3.45. The van der Waals surface area contributed by atoms with Crippen molar-refractivity contribution >= 4 is 28.5 Å². The lowest BCUT2D eigenvalue weighted by Gasteiger charge is -2.23. The van der Waals surface area contributed by atoms with Crippen molar-refractivity contribution < 1.29 is 23.0 Å². The number of aromatic nitrogens is 4. The van der Waals surface area contributed by atoms with Crippen molar-refractivity contribution in [1.82, 2.24) is 20.2 Å². The van der Waals surface area contributed by atoms with Crippen molar-refractivity contribution in [2.24, 2.45) is 0 Å². The van der Waals surface area contributed by atoms with Gasteiger partial charge in [-0.25, -0.2) is 8.78 Å². The monoisotopic (exact) mass is 473 g/mol. The third-order valence-electron chi connectivity index (χ3n) is 5.01. The van der Waals surface area contributed by atoms with Gasteiger partial charge in [0.05, 0.1) is 36.3 Å². The van der Waals surface area contributed by atoms with E-state index in [0.29, 0.717) is 59.5 Å². The van der Waals surface area contributed by atoms with Crippen LogP contribution in [0.25, 0.3) is 22.3 Å². The number of nitrogens with zero attached hydrogens (tertiary/aromatic N) is 3. The van der Waals surface area contributed by atoms with Crippen LogP contribution in [-0.4, -0.2) is 52.6 Å². The molecule has 170 valence electrons. The summed E-state index contributed by atoms with van der Waals surface area (Å²) in [6, 6.07) is 10.1. The van der Waals surface area contributed by atoms with E-state index in [1.807, 2.05) is 18.2 Å². The zero-order valence-electron chi connectivity index (χ0n) is 17.1. The van der Waals surface area contributed by atoms with Gasteiger partial charge in [-0.2, -0.15) is 15.1 Å². The Morgan fingerprint density at radius 2 is 2.03 bits per heavy atom. The van der Waals surface area contributed by atoms with E-state index in [1.165, 1.54) is 6.07 Å². The lowest BCUT2D eigenvalue weighted by atomic mass is 10.1. The summed E-state index contributed by atoms with van der Waals surface area (Å²) < 4.78 is 44.0. The maximum atomic E-state index is 14.1. The highest BCUT2D eigenvalue weighted by molar-refractivity contribution is 6.33. The van der Waals surface area contributed by atoms with Crippen molar-refractivity contribution in [2.45, 2.75) is 6.10 Å². The lowest BCUT2D eigenvalue weighted by Crippen LogP contribution is -2.34. The average molecular weight is 474 g/mol. The highest BCUT2D eigenvalue weighted by Gasteiger charge is 2.21. The van der Waals surface area contributed by atoms with E-state index < -0.39 is 11.6 Å². The zero-order valence-corrected chi connectivity index (χ0v) is 17.9. The standard InChI is InChI=1S/C22H18ClF2N5O3/c23-15-4-2-1-3-14(15)19-18-20(26-10-13-11-31-7-8-32-13)27-22(28-21(18)30-29-19)33-17-6-5-12(24)9-16(17)25/h1-6,9,13H,7-8,10-11H2,(H2,26,27,28,29,30). The van der Waals surface area contributed by atoms with E-state index in [0.717, 1.165) is 12.1 Å². The average Bonchev–Trinajstić information content (AvgIpc) is 3.24. The van der Waals surface area contributed by atoms with Gasteiger partial charge >= 0.3 is 6.01 Å². The number of hydrogen-bond donors (Lipinski definition) is 2. The predicted octanol–water partition coefficient (Wildman–Crippen LogP) is 4.57. The molecule has 1 saturated heterocycles. The van der Waals surface area contributed by atoms with Gasteiger partial charge in [0.2, 0.25) is 0 Å². The van der Waals surface area contributed by atoms with Gasteiger partial charge in [0, 0.05) is 18.2 Å². The van der Waals surface area contributed by atoms with E-state index >= 15 is 0 Å². The van der Waals surface area contributed by atoms with Crippen LogP contribution in [-0.2, 0) is 9.47 Å². The van der Waals surface area contributed by atoms with Crippen LogP contribution in [0, 0.1) is 11.6 Å². The minimum Gasteiger partial charge on any atom is -0.421 e. The van der Waals surface area contributed by atoms with Crippen molar-refractivity contribution in [3.8, 4) is 23.0 Å². The van der Waals surface area contributed by atoms with E-state index in [2.05, 4.69) is 25.5 Å². The van der Waals surface area contributed by atoms with Crippen molar-refractivity contribution in [2.75, 3.05) is 31.7 Å². The normalized spacial score (nSPS) is 16.2. The molecule has 0 radical (unpaired) electrons. The van der Waals surface area contributed by atoms with Gasteiger partial charge in [0.15, 0.2) is 17.2 Å². The molecule has 5 rings (SSSR count). The summed E-state index contributed by atoms with van der Waals surface area (Å²) in [5.74, 6) is -1.42. The van der Waals surface area contributed by atoms with Gasteiger partial charge < -0.3 is 19.5 Å². The second-order valence-electron chi connectivity index (χ2n) is 7.26. The Morgan fingerprint density at radius 3 is 2.82 bits per heavy atom. The first kappa shape index (κ1) is 21.5. The van der Waals surface area contributed by atoms with Crippen molar-refractivity contribution in [3.63, 3.8) is 0 Å². The van der Waals surface area contributed by atoms with E-state index in [1.54, 1.807) is 6.07 Å². The lowest BCUT2D eigenvalue weighted by molar-refractivity contribution is -0.0819. The van der Waals surface area contributed by atoms with E-state index in [-0.39, 0.29) is 17.9 Å². The first-order valence-corrected chi connectivity index (χ1v) is 10.5. The zero-order chi connectivity index (χ0) is 22.8. The smallest absolute Gasteiger partial charge is 0.326 e. The predicted molar refractivity (Wildman–Crippen MR) is 118 cm³/mol. The Morgan fingerprint density at radius 1 is 1.15 bits per heavy atom. The summed E-state index contributed by atoms with van der Waals surface area (Å²) in [6.45, 7) is 1.88. The third kappa shape index (κ3) is 4.58. The van der Waals surface area contributed by atoms with Gasteiger partial charge in [-0.15, -0.1) is 0 Å². The Balaban J connectivity index is 1.55. The van der Waals surface area contributed by atoms with Gasteiger partial charge in [-0.1, -0.05) is 29.8 Å². The SMILES string of the molecule is Fc1ccc(Oc2nc(NCC3COCCO3)c3c(-c4ccccc4Cl)n[nH]c3n2)c(F)c1. The van der Waals surface area contributed by atoms with Crippen LogP contribution in [0.1, 0.15) is 0 Å². The summed E-state index contributed by atoms with van der Waals surface area (Å²) in [7, 11) is 0. The number of nitrogens with one attached hydrogen (secondary N) is 2. The number of aromatic amines is 1. The highest BCUT2D eigenvalue weighted by atomic mass is 35.5. The second kappa shape index (κ2) is 9.26. The molecule has 0 bridgehead atoms. The molecule has 11 heteroatoms. The van der Waals surface area contributed by atoms with E-state index in [4.69, 9.17) is 25.8 Å². The molecule has 0 saturated carbocycles. The van der Waals surface area contributed by atoms with Crippen LogP contribution in [0.15, 0.2) is 42.5 Å². The first-order chi connectivity index (χ1) is 16.1. The molecule has 0 spiro atoms. The number of halogens is 3. The summed E-state index contributed by atoms with van der Waals surface area (Å²) in [5, 5.41) is 11.5. The number of H-pyrrole nitrogens is 1. The molecule has 2 aromatic heterocycles. The van der Waals surface area contributed by atoms with Crippen LogP contribution in [0.4, 0.5) is 14.6 Å². The molecule has 4 aromatic rings. The molecular formula is C22H18ClF2N5O3. The molecule has 33 heavy (non-hydrogen) atoms. The molecular weight excluding hydrogens is 456 g/mol. The maximum absolute atomic E-state index is 14.1. The molecule has 1 aliphatic rings. The van der Waals surface area contributed by atoms with Crippen molar-refractivity contribution in [3.05, 3.63) is 59.1 Å². The van der Waals surface area contributed by atoms with Crippen LogP contribution >= 0.6 is 11.6 Å². The van der Waals surface area contributed by atoms with Crippen LogP contribution in [0.5, 0.6) is 11.8 Å². The fourth-order valence-corrected chi connectivity index (χ4v) is 3.68. The van der Waals surface area contributed by atoms with Gasteiger partial charge in [-0.3, -0.25) is 5.10 Å². The molecule has 2 aromatic carbocycles. The van der Waals surface area contributed by atoms with Gasteiger partial charge in [0.25, 0.3) is 0 Å². The molecule has 1 unspecified atom stereocenters. The Hall–Kier alpha value is -3.34. The molecule has 2 N–H and O–H groups in total. The molecule has 3 heterocycles. The molecule has 1 fully saturated rings. The first-order valence-electron chi connectivity index (χ1n) is 10.2. The summed E-state index contributed by atoms with van der Waals surface area (Å²) >= 11 is 6.39. The maximum Gasteiger partial charge on any atom is 0.326 e. The Labute approximate surface area is 191 Å². The fraction of sp³-hybridized carbons (Fsp3) is 0.227. The topological polar surface area (TPSA) is 94.2 Å². The van der Waals surface area contributed by atoms with Gasteiger partial charge in [-0.05, 0) is 18.2 Å². The summed E-state index contributed by atoms with van der Waals surface area (Å²) in [5.41, 5.74) is 1.58. The molecule has 8 nitrogen and oxygen atoms in total. The van der Waals surface area contributed by atoms with E-state index in [9.17, 15) is 8.78 Å². The second-order valence-corrected chi connectivity index (χ2v) is 7.66. The number of rotatable bonds is 6. The highest BCUT2D eigenvalue weighted by Crippen LogP contribution is 2.36. The van der Waals surface area contributed by atoms with Crippen LogP contribution in [0.3, 0.4) is 0 Å².